The normalized spacial score (nSPS) is 9.96. The number of nitrogens with one attached hydrogen (secondary N) is 2. The molecule has 0 aliphatic carbocycles. The smallest absolute Gasteiger partial charge is 0.325 e. The molecule has 23 heavy (non-hydrogen) atoms. The second kappa shape index (κ2) is 8.47. The predicted octanol–water partition coefficient (Wildman–Crippen LogP) is 1.51. The van der Waals surface area contributed by atoms with E-state index in [9.17, 15) is 9.59 Å². The van der Waals surface area contributed by atoms with Crippen LogP contribution in [0.15, 0.2) is 42.7 Å². The summed E-state index contributed by atoms with van der Waals surface area (Å²) in [6, 6.07) is 8.89. The first-order chi connectivity index (χ1) is 11.2. The Hall–Kier alpha value is -2.96. The molecule has 2 amide bonds. The number of aromatic nitrogens is 2. The van der Waals surface area contributed by atoms with Gasteiger partial charge in [-0.15, -0.1) is 0 Å². The fourth-order valence-corrected chi connectivity index (χ4v) is 1.88. The number of urea groups is 1. The van der Waals surface area contributed by atoms with Crippen LogP contribution in [0.25, 0.3) is 11.4 Å². The van der Waals surface area contributed by atoms with Crippen molar-refractivity contribution in [1.82, 2.24) is 20.6 Å². The first-order valence-electron chi connectivity index (χ1n) is 7.22. The molecule has 1 aromatic carbocycles. The van der Waals surface area contributed by atoms with Gasteiger partial charge in [-0.05, 0) is 24.6 Å². The van der Waals surface area contributed by atoms with Gasteiger partial charge in [-0.3, -0.25) is 4.79 Å². The van der Waals surface area contributed by atoms with Gasteiger partial charge in [0, 0.05) is 24.5 Å². The summed E-state index contributed by atoms with van der Waals surface area (Å²) in [6.07, 6.45) is 3.35. The predicted molar refractivity (Wildman–Crippen MR) is 84.3 cm³/mol. The molecule has 0 aliphatic rings. The summed E-state index contributed by atoms with van der Waals surface area (Å²) in [4.78, 5) is 31.1. The van der Waals surface area contributed by atoms with Crippen LogP contribution in [0.4, 0.5) is 4.79 Å². The molecule has 0 saturated heterocycles. The van der Waals surface area contributed by atoms with Gasteiger partial charge in [0.05, 0.1) is 6.61 Å². The summed E-state index contributed by atoms with van der Waals surface area (Å²) in [5.74, 6) is 0.159. The van der Waals surface area contributed by atoms with Crippen LogP contribution in [-0.2, 0) is 16.1 Å². The van der Waals surface area contributed by atoms with Crippen molar-refractivity contribution in [3.63, 3.8) is 0 Å². The van der Waals surface area contributed by atoms with Crippen molar-refractivity contribution in [3.05, 3.63) is 48.3 Å². The molecule has 0 bridgehead atoms. The van der Waals surface area contributed by atoms with E-state index in [2.05, 4.69) is 20.6 Å². The van der Waals surface area contributed by atoms with Crippen molar-refractivity contribution < 1.29 is 14.3 Å². The molecule has 7 heteroatoms. The van der Waals surface area contributed by atoms with Gasteiger partial charge in [-0.2, -0.15) is 0 Å². The van der Waals surface area contributed by atoms with Crippen molar-refractivity contribution >= 4 is 12.0 Å². The van der Waals surface area contributed by atoms with Gasteiger partial charge >= 0.3 is 12.0 Å². The maximum absolute atomic E-state index is 11.6. The SMILES string of the molecule is CCOC(=O)CNC(=O)NCc1cccc(-c2ncccn2)c1. The summed E-state index contributed by atoms with van der Waals surface area (Å²) >= 11 is 0. The third-order valence-electron chi connectivity index (χ3n) is 2.90. The minimum absolute atomic E-state index is 0.155. The van der Waals surface area contributed by atoms with Crippen LogP contribution in [0.5, 0.6) is 0 Å². The number of hydrogen-bond donors (Lipinski definition) is 2. The number of rotatable bonds is 6. The fraction of sp³-hybridized carbons (Fsp3) is 0.250. The Morgan fingerprint density at radius 1 is 1.13 bits per heavy atom. The lowest BCUT2D eigenvalue weighted by molar-refractivity contribution is -0.141. The summed E-state index contributed by atoms with van der Waals surface area (Å²) < 4.78 is 4.72. The maximum atomic E-state index is 11.6. The largest absolute Gasteiger partial charge is 0.465 e. The van der Waals surface area contributed by atoms with E-state index in [1.807, 2.05) is 24.3 Å². The first kappa shape index (κ1) is 16.4. The van der Waals surface area contributed by atoms with Gasteiger partial charge in [0.15, 0.2) is 5.82 Å². The number of carbonyl (C=O) groups is 2. The minimum Gasteiger partial charge on any atom is -0.465 e. The average molecular weight is 314 g/mol. The summed E-state index contributed by atoms with van der Waals surface area (Å²) in [6.45, 7) is 2.17. The third kappa shape index (κ3) is 5.39. The molecule has 2 rings (SSSR count). The zero-order valence-electron chi connectivity index (χ0n) is 12.8. The Morgan fingerprint density at radius 3 is 2.65 bits per heavy atom. The second-order valence-corrected chi connectivity index (χ2v) is 4.61. The number of benzene rings is 1. The molecule has 0 aliphatic heterocycles. The quantitative estimate of drug-likeness (QED) is 0.788. The van der Waals surface area contributed by atoms with Crippen molar-refractivity contribution in [1.29, 1.82) is 0 Å². The zero-order chi connectivity index (χ0) is 16.5. The third-order valence-corrected chi connectivity index (χ3v) is 2.90. The molecule has 7 nitrogen and oxygen atoms in total. The molecule has 2 N–H and O–H groups in total. The highest BCUT2D eigenvalue weighted by molar-refractivity contribution is 5.80. The standard InChI is InChI=1S/C16H18N4O3/c1-2-23-14(21)11-20-16(22)19-10-12-5-3-6-13(9-12)15-17-7-4-8-18-15/h3-9H,2,10-11H2,1H3,(H2,19,20,22). The Balaban J connectivity index is 1.86. The number of esters is 1. The molecular formula is C16H18N4O3. The Labute approximate surface area is 134 Å². The minimum atomic E-state index is -0.467. The van der Waals surface area contributed by atoms with Gasteiger partial charge in [-0.1, -0.05) is 18.2 Å². The van der Waals surface area contributed by atoms with E-state index in [1.165, 1.54) is 0 Å². The van der Waals surface area contributed by atoms with E-state index in [1.54, 1.807) is 25.4 Å². The summed E-state index contributed by atoms with van der Waals surface area (Å²) in [5, 5.41) is 5.11. The molecular weight excluding hydrogens is 296 g/mol. The highest BCUT2D eigenvalue weighted by atomic mass is 16.5. The number of hydrogen-bond acceptors (Lipinski definition) is 5. The van der Waals surface area contributed by atoms with Crippen LogP contribution in [0, 0.1) is 0 Å². The average Bonchev–Trinajstić information content (AvgIpc) is 2.59. The molecule has 0 atom stereocenters. The molecule has 2 aromatic rings. The van der Waals surface area contributed by atoms with Crippen LogP contribution in [0.1, 0.15) is 12.5 Å². The monoisotopic (exact) mass is 314 g/mol. The van der Waals surface area contributed by atoms with E-state index in [0.717, 1.165) is 11.1 Å². The van der Waals surface area contributed by atoms with Gasteiger partial charge in [0.25, 0.3) is 0 Å². The highest BCUT2D eigenvalue weighted by Gasteiger charge is 2.06. The number of amides is 2. The van der Waals surface area contributed by atoms with Gasteiger partial charge in [0.2, 0.25) is 0 Å². The number of nitrogens with zero attached hydrogens (tertiary/aromatic N) is 2. The maximum Gasteiger partial charge on any atom is 0.325 e. The Morgan fingerprint density at radius 2 is 1.91 bits per heavy atom. The van der Waals surface area contributed by atoms with E-state index in [-0.39, 0.29) is 13.2 Å². The number of ether oxygens (including phenoxy) is 1. The van der Waals surface area contributed by atoms with Gasteiger partial charge < -0.3 is 15.4 Å². The second-order valence-electron chi connectivity index (χ2n) is 4.61. The summed E-state index contributed by atoms with van der Waals surface area (Å²) in [5.41, 5.74) is 1.78. The van der Waals surface area contributed by atoms with Crippen LogP contribution in [0.2, 0.25) is 0 Å². The molecule has 0 radical (unpaired) electrons. The van der Waals surface area contributed by atoms with E-state index in [4.69, 9.17) is 4.74 Å². The van der Waals surface area contributed by atoms with Crippen LogP contribution < -0.4 is 10.6 Å². The van der Waals surface area contributed by atoms with Crippen LogP contribution in [-0.4, -0.2) is 35.1 Å². The fourth-order valence-electron chi connectivity index (χ4n) is 1.88. The first-order valence-corrected chi connectivity index (χ1v) is 7.22. The molecule has 0 saturated carbocycles. The van der Waals surface area contributed by atoms with Crippen LogP contribution >= 0.6 is 0 Å². The topological polar surface area (TPSA) is 93.2 Å². The Kier molecular flexibility index (Phi) is 6.05. The van der Waals surface area contributed by atoms with E-state index >= 15 is 0 Å². The van der Waals surface area contributed by atoms with Gasteiger partial charge in [-0.25, -0.2) is 14.8 Å². The lowest BCUT2D eigenvalue weighted by Crippen LogP contribution is -2.38. The van der Waals surface area contributed by atoms with Crippen molar-refractivity contribution in [2.24, 2.45) is 0 Å². The summed E-state index contributed by atoms with van der Waals surface area (Å²) in [7, 11) is 0. The van der Waals surface area contributed by atoms with Crippen molar-refractivity contribution in [3.8, 4) is 11.4 Å². The molecule has 120 valence electrons. The van der Waals surface area contributed by atoms with Crippen LogP contribution in [0.3, 0.4) is 0 Å². The van der Waals surface area contributed by atoms with Gasteiger partial charge in [0.1, 0.15) is 6.54 Å². The zero-order valence-corrected chi connectivity index (χ0v) is 12.8. The number of carbonyl (C=O) groups excluding carboxylic acids is 2. The van der Waals surface area contributed by atoms with E-state index < -0.39 is 12.0 Å². The highest BCUT2D eigenvalue weighted by Crippen LogP contribution is 2.15. The lowest BCUT2D eigenvalue weighted by Gasteiger charge is -2.08. The molecule has 1 aromatic heterocycles. The molecule has 0 unspecified atom stereocenters. The van der Waals surface area contributed by atoms with Crippen molar-refractivity contribution in [2.75, 3.05) is 13.2 Å². The molecule has 0 spiro atoms. The van der Waals surface area contributed by atoms with Crippen molar-refractivity contribution in [2.45, 2.75) is 13.5 Å². The Bertz CT molecular complexity index is 661. The lowest BCUT2D eigenvalue weighted by atomic mass is 10.1. The van der Waals surface area contributed by atoms with E-state index in [0.29, 0.717) is 12.4 Å². The molecule has 0 fully saturated rings. The molecule has 1 heterocycles.